The lowest BCUT2D eigenvalue weighted by Gasteiger charge is -2.36. The van der Waals surface area contributed by atoms with Gasteiger partial charge in [0.15, 0.2) is 5.78 Å². The largest absolute Gasteiger partial charge is 0.297 e. The third-order valence-electron chi connectivity index (χ3n) is 4.03. The summed E-state index contributed by atoms with van der Waals surface area (Å²) in [6, 6.07) is 8.78. The molecule has 112 valence electrons. The van der Waals surface area contributed by atoms with Crippen LogP contribution >= 0.6 is 0 Å². The maximum Gasteiger partial charge on any atom is 0.262 e. The summed E-state index contributed by atoms with van der Waals surface area (Å²) in [6.45, 7) is 10.1. The summed E-state index contributed by atoms with van der Waals surface area (Å²) < 4.78 is 0. The number of amides is 2. The second-order valence-electron chi connectivity index (χ2n) is 5.18. The molecule has 1 aliphatic rings. The maximum absolute atomic E-state index is 12.6. The Hall–Kier alpha value is -2.75. The van der Waals surface area contributed by atoms with E-state index in [0.29, 0.717) is 5.56 Å². The molecule has 0 N–H and O–H groups in total. The minimum Gasteiger partial charge on any atom is -0.297 e. The average Bonchev–Trinajstić information content (AvgIpc) is 2.77. The molecule has 0 saturated carbocycles. The monoisotopic (exact) mass is 295 g/mol. The van der Waals surface area contributed by atoms with Gasteiger partial charge in [-0.05, 0) is 19.4 Å². The van der Waals surface area contributed by atoms with Gasteiger partial charge in [0, 0.05) is 0 Å². The van der Waals surface area contributed by atoms with Crippen molar-refractivity contribution in [3.63, 3.8) is 0 Å². The van der Waals surface area contributed by atoms with Gasteiger partial charge in [-0.25, -0.2) is 0 Å². The first-order valence-electron chi connectivity index (χ1n) is 6.84. The van der Waals surface area contributed by atoms with Gasteiger partial charge in [0.2, 0.25) is 0 Å². The van der Waals surface area contributed by atoms with Crippen molar-refractivity contribution in [2.45, 2.75) is 19.4 Å². The summed E-state index contributed by atoms with van der Waals surface area (Å²) in [5.41, 5.74) is -0.446. The van der Waals surface area contributed by atoms with Crippen LogP contribution in [0.5, 0.6) is 0 Å². The number of carbonyl (C=O) groups excluding carboxylic acids is 3. The molecule has 0 radical (unpaired) electrons. The summed E-state index contributed by atoms with van der Waals surface area (Å²) in [5.74, 6) is -1.36. The van der Waals surface area contributed by atoms with Gasteiger partial charge in [0.1, 0.15) is 5.54 Å². The van der Waals surface area contributed by atoms with Gasteiger partial charge in [-0.2, -0.15) is 0 Å². The molecule has 0 aromatic heterocycles. The molecule has 0 spiro atoms. The second kappa shape index (κ2) is 5.56. The van der Waals surface area contributed by atoms with Crippen LogP contribution in [0.4, 0.5) is 0 Å². The van der Waals surface area contributed by atoms with Crippen molar-refractivity contribution in [1.29, 1.82) is 0 Å². The number of hydrogen-bond donors (Lipinski definition) is 0. The highest BCUT2D eigenvalue weighted by atomic mass is 16.2. The number of ketones is 1. The summed E-state index contributed by atoms with van der Waals surface area (Å²) in [6.07, 6.45) is 2.64. The van der Waals surface area contributed by atoms with Gasteiger partial charge < -0.3 is 0 Å². The lowest BCUT2D eigenvalue weighted by Crippen LogP contribution is -2.52. The molecule has 0 bridgehead atoms. The normalized spacial score (nSPS) is 17.5. The molecule has 1 heterocycles. The molecule has 1 aromatic rings. The van der Waals surface area contributed by atoms with Crippen molar-refractivity contribution >= 4 is 17.6 Å². The van der Waals surface area contributed by atoms with E-state index >= 15 is 0 Å². The molecule has 4 nitrogen and oxygen atoms in total. The van der Waals surface area contributed by atoms with Gasteiger partial charge in [0.05, 0.1) is 11.1 Å². The fourth-order valence-corrected chi connectivity index (χ4v) is 2.62. The predicted octanol–water partition coefficient (Wildman–Crippen LogP) is 2.53. The first-order chi connectivity index (χ1) is 10.4. The van der Waals surface area contributed by atoms with E-state index in [1.165, 1.54) is 19.1 Å². The van der Waals surface area contributed by atoms with E-state index in [1.54, 1.807) is 37.3 Å². The minimum absolute atomic E-state index is 0.170. The first kappa shape index (κ1) is 15.6. The highest BCUT2D eigenvalue weighted by Crippen LogP contribution is 2.36. The van der Waals surface area contributed by atoms with Crippen LogP contribution in [-0.4, -0.2) is 22.5 Å². The van der Waals surface area contributed by atoms with Crippen LogP contribution in [0.2, 0.25) is 0 Å². The fraction of sp³-hybridized carbons (Fsp3) is 0.167. The van der Waals surface area contributed by atoms with Gasteiger partial charge in [-0.15, -0.1) is 0 Å². The van der Waals surface area contributed by atoms with Crippen LogP contribution in [0, 0.1) is 0 Å². The Kier molecular flexibility index (Phi) is 3.95. The van der Waals surface area contributed by atoms with Crippen LogP contribution in [0.1, 0.15) is 19.4 Å². The third-order valence-corrected chi connectivity index (χ3v) is 4.03. The molecule has 2 rings (SSSR count). The SMILES string of the molecule is C=CC1=C(C=C)C(=O)N(C(C)(C(C)=O)c2ccccc2)C1=O. The number of nitrogens with zero attached hydrogens (tertiary/aromatic N) is 1. The van der Waals surface area contributed by atoms with E-state index in [0.717, 1.165) is 4.90 Å². The molecular formula is C18H17NO3. The molecule has 1 unspecified atom stereocenters. The zero-order chi connectivity index (χ0) is 16.5. The molecule has 1 atom stereocenters. The lowest BCUT2D eigenvalue weighted by atomic mass is 9.86. The number of hydrogen-bond acceptors (Lipinski definition) is 3. The minimum atomic E-state index is -1.37. The Balaban J connectivity index is 2.65. The van der Waals surface area contributed by atoms with Crippen molar-refractivity contribution in [2.75, 3.05) is 0 Å². The Labute approximate surface area is 129 Å². The van der Waals surface area contributed by atoms with Crippen LogP contribution in [0.15, 0.2) is 66.8 Å². The van der Waals surface area contributed by atoms with Crippen molar-refractivity contribution in [3.8, 4) is 0 Å². The highest BCUT2D eigenvalue weighted by Gasteiger charge is 2.50. The molecular weight excluding hydrogens is 278 g/mol. The van der Waals surface area contributed by atoms with E-state index in [2.05, 4.69) is 13.2 Å². The Morgan fingerprint density at radius 3 is 1.86 bits per heavy atom. The predicted molar refractivity (Wildman–Crippen MR) is 83.7 cm³/mol. The van der Waals surface area contributed by atoms with E-state index < -0.39 is 17.4 Å². The molecule has 1 aliphatic heterocycles. The number of benzene rings is 1. The summed E-state index contributed by atoms with van der Waals surface area (Å²) in [4.78, 5) is 38.6. The van der Waals surface area contributed by atoms with Gasteiger partial charge in [-0.1, -0.05) is 55.6 Å². The number of Topliss-reactive ketones (excluding diaryl/α,β-unsaturated/α-hetero) is 1. The second-order valence-corrected chi connectivity index (χ2v) is 5.18. The zero-order valence-corrected chi connectivity index (χ0v) is 12.6. The van der Waals surface area contributed by atoms with E-state index in [-0.39, 0.29) is 16.9 Å². The molecule has 2 amide bonds. The molecule has 0 aliphatic carbocycles. The summed E-state index contributed by atoms with van der Waals surface area (Å²) in [5, 5.41) is 0. The van der Waals surface area contributed by atoms with Crippen LogP contribution < -0.4 is 0 Å². The quantitative estimate of drug-likeness (QED) is 0.784. The van der Waals surface area contributed by atoms with Crippen molar-refractivity contribution in [1.82, 2.24) is 4.90 Å². The summed E-state index contributed by atoms with van der Waals surface area (Å²) >= 11 is 0. The topological polar surface area (TPSA) is 54.5 Å². The van der Waals surface area contributed by atoms with Crippen LogP contribution in [-0.2, 0) is 19.9 Å². The third kappa shape index (κ3) is 2.04. The zero-order valence-electron chi connectivity index (χ0n) is 12.6. The Morgan fingerprint density at radius 1 is 1.05 bits per heavy atom. The van der Waals surface area contributed by atoms with E-state index in [9.17, 15) is 14.4 Å². The molecule has 1 aromatic carbocycles. The standard InChI is InChI=1S/C18H17NO3/c1-5-14-15(6-2)17(22)19(16(14)21)18(4,12(3)20)13-10-8-7-9-11-13/h5-11H,1-2H2,3-4H3. The van der Waals surface area contributed by atoms with Crippen molar-refractivity contribution in [2.24, 2.45) is 0 Å². The molecule has 0 fully saturated rings. The van der Waals surface area contributed by atoms with Crippen LogP contribution in [0.3, 0.4) is 0 Å². The average molecular weight is 295 g/mol. The number of imide groups is 1. The van der Waals surface area contributed by atoms with E-state index in [4.69, 9.17) is 0 Å². The summed E-state index contributed by atoms with van der Waals surface area (Å²) in [7, 11) is 0. The van der Waals surface area contributed by atoms with Crippen molar-refractivity contribution < 1.29 is 14.4 Å². The lowest BCUT2D eigenvalue weighted by molar-refractivity contribution is -0.151. The molecule has 0 saturated heterocycles. The Morgan fingerprint density at radius 2 is 1.50 bits per heavy atom. The molecule has 22 heavy (non-hydrogen) atoms. The first-order valence-corrected chi connectivity index (χ1v) is 6.84. The smallest absolute Gasteiger partial charge is 0.262 e. The van der Waals surface area contributed by atoms with E-state index in [1.807, 2.05) is 0 Å². The maximum atomic E-state index is 12.6. The Bertz CT molecular complexity index is 685. The van der Waals surface area contributed by atoms with Gasteiger partial charge in [-0.3, -0.25) is 19.3 Å². The number of rotatable bonds is 5. The fourth-order valence-electron chi connectivity index (χ4n) is 2.62. The highest BCUT2D eigenvalue weighted by molar-refractivity contribution is 6.24. The number of carbonyl (C=O) groups is 3. The van der Waals surface area contributed by atoms with Crippen LogP contribution in [0.25, 0.3) is 0 Å². The van der Waals surface area contributed by atoms with Gasteiger partial charge >= 0.3 is 0 Å². The van der Waals surface area contributed by atoms with Crippen molar-refractivity contribution in [3.05, 3.63) is 72.4 Å². The van der Waals surface area contributed by atoms with Gasteiger partial charge in [0.25, 0.3) is 11.8 Å². The molecule has 4 heteroatoms.